The maximum absolute atomic E-state index is 13.0. The van der Waals surface area contributed by atoms with Crippen LogP contribution in [0.4, 0.5) is 4.39 Å². The lowest BCUT2D eigenvalue weighted by molar-refractivity contribution is -0.149. The summed E-state index contributed by atoms with van der Waals surface area (Å²) in [5.74, 6) is -1.75. The Kier molecular flexibility index (Phi) is 3.20. The summed E-state index contributed by atoms with van der Waals surface area (Å²) in [5.41, 5.74) is -0.0368. The zero-order chi connectivity index (χ0) is 15.2. The third kappa shape index (κ3) is 2.29. The van der Waals surface area contributed by atoms with Crippen molar-refractivity contribution in [2.45, 2.75) is 36.8 Å². The molecule has 2 fully saturated rings. The molecule has 1 aromatic carbocycles. The van der Waals surface area contributed by atoms with E-state index >= 15 is 0 Å². The van der Waals surface area contributed by atoms with E-state index < -0.39 is 23.5 Å². The minimum Gasteiger partial charge on any atom is -0.480 e. The van der Waals surface area contributed by atoms with E-state index in [1.54, 1.807) is 12.1 Å². The molecule has 2 atom stereocenters. The molecule has 1 aliphatic carbocycles. The van der Waals surface area contributed by atoms with Crippen molar-refractivity contribution in [1.29, 1.82) is 0 Å². The summed E-state index contributed by atoms with van der Waals surface area (Å²) < 4.78 is 13.0. The van der Waals surface area contributed by atoms with Crippen LogP contribution in [0.1, 0.15) is 24.8 Å². The Bertz CT molecular complexity index is 582. The van der Waals surface area contributed by atoms with Gasteiger partial charge in [-0.2, -0.15) is 0 Å². The highest BCUT2D eigenvalue weighted by Gasteiger charge is 2.56. The Morgan fingerprint density at radius 1 is 1.24 bits per heavy atom. The molecule has 1 aromatic rings. The van der Waals surface area contributed by atoms with Crippen LogP contribution in [-0.4, -0.2) is 45.7 Å². The number of hydrogen-bond acceptors (Lipinski definition) is 3. The van der Waals surface area contributed by atoms with E-state index in [2.05, 4.69) is 0 Å². The minimum atomic E-state index is -1.10. The molecule has 3 rings (SSSR count). The lowest BCUT2D eigenvalue weighted by Crippen LogP contribution is -2.45. The van der Waals surface area contributed by atoms with Crippen molar-refractivity contribution >= 4 is 11.9 Å². The largest absolute Gasteiger partial charge is 0.480 e. The van der Waals surface area contributed by atoms with Crippen LogP contribution in [0.2, 0.25) is 0 Å². The monoisotopic (exact) mass is 293 g/mol. The Hall–Kier alpha value is -1.95. The molecule has 0 bridgehead atoms. The van der Waals surface area contributed by atoms with Crippen LogP contribution in [0.15, 0.2) is 24.3 Å². The molecule has 6 heteroatoms. The van der Waals surface area contributed by atoms with Crippen molar-refractivity contribution in [3.8, 4) is 0 Å². The number of benzene rings is 1. The third-order valence-electron chi connectivity index (χ3n) is 4.38. The number of amides is 1. The average Bonchev–Trinajstić information content (AvgIpc) is 3.15. The van der Waals surface area contributed by atoms with Crippen LogP contribution < -0.4 is 0 Å². The quantitative estimate of drug-likeness (QED) is 0.868. The lowest BCUT2D eigenvalue weighted by atomic mass is 9.94. The number of carbonyl (C=O) groups excluding carboxylic acids is 1. The van der Waals surface area contributed by atoms with Crippen LogP contribution in [0.3, 0.4) is 0 Å². The summed E-state index contributed by atoms with van der Waals surface area (Å²) in [7, 11) is 0. The van der Waals surface area contributed by atoms with Crippen LogP contribution >= 0.6 is 0 Å². The second kappa shape index (κ2) is 4.80. The van der Waals surface area contributed by atoms with Crippen molar-refractivity contribution in [2.75, 3.05) is 6.54 Å². The SMILES string of the molecule is O=C(O)[C@@H]1C[C@@H](O)CN1C(=O)C1(c2ccc(F)cc2)CC1. The maximum atomic E-state index is 13.0. The fraction of sp³-hybridized carbons (Fsp3) is 0.467. The van der Waals surface area contributed by atoms with Crippen LogP contribution in [0.25, 0.3) is 0 Å². The molecular formula is C15H16FNO4. The van der Waals surface area contributed by atoms with E-state index in [4.69, 9.17) is 0 Å². The molecule has 2 aliphatic rings. The van der Waals surface area contributed by atoms with E-state index in [-0.39, 0.29) is 24.7 Å². The van der Waals surface area contributed by atoms with Crippen LogP contribution in [0, 0.1) is 5.82 Å². The highest BCUT2D eigenvalue weighted by Crippen LogP contribution is 2.50. The van der Waals surface area contributed by atoms with Crippen molar-refractivity contribution in [2.24, 2.45) is 0 Å². The highest BCUT2D eigenvalue weighted by atomic mass is 19.1. The number of aliphatic hydroxyl groups excluding tert-OH is 1. The number of aliphatic carboxylic acids is 1. The molecule has 1 heterocycles. The van der Waals surface area contributed by atoms with E-state index in [0.717, 1.165) is 0 Å². The van der Waals surface area contributed by atoms with E-state index in [1.165, 1.54) is 17.0 Å². The lowest BCUT2D eigenvalue weighted by Gasteiger charge is -2.26. The van der Waals surface area contributed by atoms with Crippen molar-refractivity contribution < 1.29 is 24.2 Å². The van der Waals surface area contributed by atoms with Gasteiger partial charge in [0.1, 0.15) is 11.9 Å². The zero-order valence-corrected chi connectivity index (χ0v) is 11.3. The van der Waals surface area contributed by atoms with Gasteiger partial charge in [0.2, 0.25) is 5.91 Å². The Morgan fingerprint density at radius 2 is 1.86 bits per heavy atom. The molecular weight excluding hydrogens is 277 g/mol. The van der Waals surface area contributed by atoms with E-state index in [1.807, 2.05) is 0 Å². The van der Waals surface area contributed by atoms with Gasteiger partial charge >= 0.3 is 5.97 Å². The van der Waals surface area contributed by atoms with Crippen molar-refractivity contribution in [3.63, 3.8) is 0 Å². The van der Waals surface area contributed by atoms with Gasteiger partial charge in [-0.25, -0.2) is 9.18 Å². The Balaban J connectivity index is 1.87. The fourth-order valence-electron chi connectivity index (χ4n) is 3.07. The van der Waals surface area contributed by atoms with Gasteiger partial charge in [0.15, 0.2) is 0 Å². The number of likely N-dealkylation sites (tertiary alicyclic amines) is 1. The fourth-order valence-corrected chi connectivity index (χ4v) is 3.07. The summed E-state index contributed by atoms with van der Waals surface area (Å²) >= 11 is 0. The smallest absolute Gasteiger partial charge is 0.326 e. The maximum Gasteiger partial charge on any atom is 0.326 e. The Morgan fingerprint density at radius 3 is 2.38 bits per heavy atom. The first-order valence-corrected chi connectivity index (χ1v) is 6.92. The molecule has 1 saturated heterocycles. The molecule has 112 valence electrons. The van der Waals surface area contributed by atoms with Gasteiger partial charge in [0.05, 0.1) is 11.5 Å². The van der Waals surface area contributed by atoms with Gasteiger partial charge in [-0.05, 0) is 30.5 Å². The molecule has 1 aliphatic heterocycles. The minimum absolute atomic E-state index is 0.0404. The summed E-state index contributed by atoms with van der Waals surface area (Å²) in [5, 5.41) is 18.8. The number of nitrogens with zero attached hydrogens (tertiary/aromatic N) is 1. The summed E-state index contributed by atoms with van der Waals surface area (Å²) in [6.07, 6.45) is 0.493. The zero-order valence-electron chi connectivity index (χ0n) is 11.3. The number of β-amino-alcohol motifs (C(OH)–C–C–N with tert-alkyl or cyclic N) is 1. The second-order valence-electron chi connectivity index (χ2n) is 5.79. The number of halogens is 1. The van der Waals surface area contributed by atoms with Gasteiger partial charge in [-0.1, -0.05) is 12.1 Å². The van der Waals surface area contributed by atoms with E-state index in [9.17, 15) is 24.2 Å². The summed E-state index contributed by atoms with van der Waals surface area (Å²) in [6, 6.07) is 4.77. The molecule has 0 unspecified atom stereocenters. The molecule has 2 N–H and O–H groups in total. The summed E-state index contributed by atoms with van der Waals surface area (Å²) in [4.78, 5) is 25.2. The molecule has 1 saturated carbocycles. The topological polar surface area (TPSA) is 77.8 Å². The first kappa shape index (κ1) is 14.0. The normalized spacial score (nSPS) is 26.7. The van der Waals surface area contributed by atoms with Crippen LogP contribution in [0.5, 0.6) is 0 Å². The summed E-state index contributed by atoms with van der Waals surface area (Å²) in [6.45, 7) is 0.0404. The number of aliphatic hydroxyl groups is 1. The number of rotatable bonds is 3. The molecule has 5 nitrogen and oxygen atoms in total. The van der Waals surface area contributed by atoms with E-state index in [0.29, 0.717) is 18.4 Å². The highest BCUT2D eigenvalue weighted by molar-refractivity contribution is 5.94. The van der Waals surface area contributed by atoms with Crippen molar-refractivity contribution in [1.82, 2.24) is 4.90 Å². The first-order chi connectivity index (χ1) is 9.94. The predicted molar refractivity (Wildman–Crippen MR) is 71.1 cm³/mol. The number of carboxylic acid groups (broad SMARTS) is 1. The average molecular weight is 293 g/mol. The second-order valence-corrected chi connectivity index (χ2v) is 5.79. The van der Waals surface area contributed by atoms with Crippen molar-refractivity contribution in [3.05, 3.63) is 35.6 Å². The van der Waals surface area contributed by atoms with Gasteiger partial charge in [0.25, 0.3) is 0 Å². The molecule has 0 radical (unpaired) electrons. The molecule has 1 amide bonds. The predicted octanol–water partition coefficient (Wildman–Crippen LogP) is 0.904. The molecule has 0 aromatic heterocycles. The van der Waals surface area contributed by atoms with Gasteiger partial charge < -0.3 is 15.1 Å². The number of carbonyl (C=O) groups is 2. The first-order valence-electron chi connectivity index (χ1n) is 6.92. The third-order valence-corrected chi connectivity index (χ3v) is 4.38. The Labute approximate surface area is 121 Å². The van der Waals surface area contributed by atoms with Gasteiger partial charge in [0, 0.05) is 13.0 Å². The standard InChI is InChI=1S/C15H16FNO4/c16-10-3-1-9(2-4-10)15(5-6-15)14(21)17-8-11(18)7-12(17)13(19)20/h1-4,11-12,18H,5-8H2,(H,19,20)/t11-,12+/m1/s1. The van der Waals surface area contributed by atoms with Gasteiger partial charge in [-0.3, -0.25) is 4.79 Å². The van der Waals surface area contributed by atoms with Crippen LogP contribution in [-0.2, 0) is 15.0 Å². The molecule has 0 spiro atoms. The van der Waals surface area contributed by atoms with Gasteiger partial charge in [-0.15, -0.1) is 0 Å². The number of hydrogen-bond donors (Lipinski definition) is 2. The number of carboxylic acids is 1. The molecule has 21 heavy (non-hydrogen) atoms.